The zero-order valence-electron chi connectivity index (χ0n) is 21.9. The number of nitrogens with two attached hydrogens (primary N) is 1. The minimum atomic E-state index is -0.562. The molecule has 2 aromatic carbocycles. The number of benzene rings is 2. The van der Waals surface area contributed by atoms with Gasteiger partial charge < -0.3 is 16.0 Å². The molecule has 2 saturated carbocycles. The Labute approximate surface area is 222 Å². The topological polar surface area (TPSA) is 101 Å². The maximum atomic E-state index is 15.0. The van der Waals surface area contributed by atoms with Crippen molar-refractivity contribution in [3.8, 4) is 22.4 Å². The zero-order chi connectivity index (χ0) is 26.9. The first-order valence-corrected chi connectivity index (χ1v) is 13.3. The SMILES string of the molecule is CC(=O)N(C)[C@H]1CC[C@H](CC(=O)Nc2cc(-c3ccccc3)c(-c3ccc(C4(N)CC4)c(F)c3)nn2)CC1. The van der Waals surface area contributed by atoms with Gasteiger partial charge in [-0.1, -0.05) is 42.5 Å². The number of anilines is 1. The Morgan fingerprint density at radius 2 is 1.74 bits per heavy atom. The number of hydrogen-bond donors (Lipinski definition) is 2. The van der Waals surface area contributed by atoms with Gasteiger partial charge in [0.15, 0.2) is 5.82 Å². The van der Waals surface area contributed by atoms with Gasteiger partial charge in [-0.3, -0.25) is 9.59 Å². The van der Waals surface area contributed by atoms with Crippen LogP contribution in [0.2, 0.25) is 0 Å². The van der Waals surface area contributed by atoms with Gasteiger partial charge in [-0.25, -0.2) is 4.39 Å². The number of carbonyl (C=O) groups is 2. The first-order valence-electron chi connectivity index (χ1n) is 13.3. The molecule has 3 N–H and O–H groups in total. The molecule has 1 heterocycles. The van der Waals surface area contributed by atoms with E-state index < -0.39 is 5.54 Å². The molecular formula is C30H34FN5O2. The fourth-order valence-corrected chi connectivity index (χ4v) is 5.42. The Kier molecular flexibility index (Phi) is 7.25. The molecule has 0 radical (unpaired) electrons. The van der Waals surface area contributed by atoms with E-state index in [2.05, 4.69) is 15.5 Å². The van der Waals surface area contributed by atoms with Gasteiger partial charge in [0.05, 0.1) is 0 Å². The van der Waals surface area contributed by atoms with Gasteiger partial charge in [0, 0.05) is 48.7 Å². The zero-order valence-corrected chi connectivity index (χ0v) is 21.9. The summed E-state index contributed by atoms with van der Waals surface area (Å²) < 4.78 is 15.0. The van der Waals surface area contributed by atoms with E-state index in [0.29, 0.717) is 29.1 Å². The lowest BCUT2D eigenvalue weighted by Gasteiger charge is -2.34. The molecule has 198 valence electrons. The number of aromatic nitrogens is 2. The Morgan fingerprint density at radius 1 is 1.03 bits per heavy atom. The molecule has 3 aromatic rings. The fourth-order valence-electron chi connectivity index (χ4n) is 5.42. The van der Waals surface area contributed by atoms with Gasteiger partial charge in [-0.05, 0) is 62.1 Å². The van der Waals surface area contributed by atoms with Crippen molar-refractivity contribution in [2.75, 3.05) is 12.4 Å². The van der Waals surface area contributed by atoms with E-state index in [-0.39, 0.29) is 29.6 Å². The number of amides is 2. The molecule has 5 rings (SSSR count). The second-order valence-electron chi connectivity index (χ2n) is 10.8. The Hall–Kier alpha value is -3.65. The minimum absolute atomic E-state index is 0.0762. The lowest BCUT2D eigenvalue weighted by atomic mass is 9.83. The molecule has 0 unspecified atom stereocenters. The number of hydrogen-bond acceptors (Lipinski definition) is 5. The smallest absolute Gasteiger partial charge is 0.225 e. The van der Waals surface area contributed by atoms with E-state index in [4.69, 9.17) is 5.73 Å². The second-order valence-corrected chi connectivity index (χ2v) is 10.8. The van der Waals surface area contributed by atoms with Crippen molar-refractivity contribution < 1.29 is 14.0 Å². The number of nitrogens with one attached hydrogen (secondary N) is 1. The molecule has 2 fully saturated rings. The van der Waals surface area contributed by atoms with E-state index in [0.717, 1.165) is 49.7 Å². The summed E-state index contributed by atoms with van der Waals surface area (Å²) in [6.07, 6.45) is 5.58. The quantitative estimate of drug-likeness (QED) is 0.447. The number of carbonyl (C=O) groups excluding carboxylic acids is 2. The van der Waals surface area contributed by atoms with Crippen LogP contribution in [-0.4, -0.2) is 40.0 Å². The van der Waals surface area contributed by atoms with Crippen LogP contribution in [-0.2, 0) is 15.1 Å². The second kappa shape index (κ2) is 10.6. The summed E-state index contributed by atoms with van der Waals surface area (Å²) in [5.74, 6) is 0.254. The molecule has 8 heteroatoms. The van der Waals surface area contributed by atoms with Gasteiger partial charge in [-0.2, -0.15) is 0 Å². The highest BCUT2D eigenvalue weighted by Gasteiger charge is 2.42. The Morgan fingerprint density at radius 3 is 2.37 bits per heavy atom. The van der Waals surface area contributed by atoms with Crippen LogP contribution in [0.1, 0.15) is 57.4 Å². The van der Waals surface area contributed by atoms with Crippen LogP contribution in [0.4, 0.5) is 10.2 Å². The van der Waals surface area contributed by atoms with E-state index in [9.17, 15) is 14.0 Å². The third-order valence-corrected chi connectivity index (χ3v) is 8.05. The van der Waals surface area contributed by atoms with Crippen molar-refractivity contribution >= 4 is 17.6 Å². The van der Waals surface area contributed by atoms with Gasteiger partial charge in [0.25, 0.3) is 0 Å². The Balaban J connectivity index is 1.32. The third kappa shape index (κ3) is 5.60. The normalized spacial score (nSPS) is 20.0. The summed E-state index contributed by atoms with van der Waals surface area (Å²) in [4.78, 5) is 26.3. The molecule has 0 atom stereocenters. The summed E-state index contributed by atoms with van der Waals surface area (Å²) in [6.45, 7) is 1.59. The molecule has 2 aliphatic carbocycles. The van der Waals surface area contributed by atoms with Gasteiger partial charge >= 0.3 is 0 Å². The van der Waals surface area contributed by atoms with Crippen molar-refractivity contribution in [3.05, 3.63) is 66.0 Å². The molecule has 0 bridgehead atoms. The highest BCUT2D eigenvalue weighted by Crippen LogP contribution is 2.44. The molecule has 2 amide bonds. The van der Waals surface area contributed by atoms with Crippen LogP contribution >= 0.6 is 0 Å². The summed E-state index contributed by atoms with van der Waals surface area (Å²) in [6, 6.07) is 16.8. The van der Waals surface area contributed by atoms with E-state index in [1.165, 1.54) is 6.07 Å². The maximum Gasteiger partial charge on any atom is 0.225 e. The van der Waals surface area contributed by atoms with Crippen molar-refractivity contribution in [3.63, 3.8) is 0 Å². The maximum absolute atomic E-state index is 15.0. The number of rotatable bonds is 7. The molecule has 0 spiro atoms. The van der Waals surface area contributed by atoms with E-state index in [1.807, 2.05) is 43.4 Å². The third-order valence-electron chi connectivity index (χ3n) is 8.05. The average Bonchev–Trinajstić information content (AvgIpc) is 3.66. The van der Waals surface area contributed by atoms with Gasteiger partial charge in [-0.15, -0.1) is 10.2 Å². The number of nitrogens with zero attached hydrogens (tertiary/aromatic N) is 3. The highest BCUT2D eigenvalue weighted by atomic mass is 19.1. The predicted octanol–water partition coefficient (Wildman–Crippen LogP) is 5.26. The molecule has 7 nitrogen and oxygen atoms in total. The largest absolute Gasteiger partial charge is 0.343 e. The van der Waals surface area contributed by atoms with Crippen LogP contribution < -0.4 is 11.1 Å². The summed E-state index contributed by atoms with van der Waals surface area (Å²) in [5, 5.41) is 11.6. The lowest BCUT2D eigenvalue weighted by Crippen LogP contribution is -2.38. The van der Waals surface area contributed by atoms with E-state index in [1.54, 1.807) is 24.0 Å². The van der Waals surface area contributed by atoms with Crippen LogP contribution in [0, 0.1) is 11.7 Å². The van der Waals surface area contributed by atoms with Gasteiger partial charge in [0.1, 0.15) is 11.5 Å². The molecular weight excluding hydrogens is 481 g/mol. The van der Waals surface area contributed by atoms with Crippen molar-refractivity contribution in [1.82, 2.24) is 15.1 Å². The predicted molar refractivity (Wildman–Crippen MR) is 145 cm³/mol. The summed E-state index contributed by atoms with van der Waals surface area (Å²) in [5.41, 5.74) is 8.97. The van der Waals surface area contributed by atoms with Crippen LogP contribution in [0.5, 0.6) is 0 Å². The molecule has 2 aliphatic rings. The van der Waals surface area contributed by atoms with Gasteiger partial charge in [0.2, 0.25) is 11.8 Å². The van der Waals surface area contributed by atoms with Crippen molar-refractivity contribution in [2.45, 2.75) is 63.5 Å². The van der Waals surface area contributed by atoms with Crippen LogP contribution in [0.25, 0.3) is 22.4 Å². The molecule has 1 aromatic heterocycles. The minimum Gasteiger partial charge on any atom is -0.343 e. The monoisotopic (exact) mass is 515 g/mol. The first-order chi connectivity index (χ1) is 18.2. The lowest BCUT2D eigenvalue weighted by molar-refractivity contribution is -0.130. The first kappa shape index (κ1) is 26.0. The standard InChI is InChI=1S/C30H34FN5O2/c1-19(37)36(2)23-11-8-20(9-12-23)16-28(38)33-27-18-24(21-6-4-3-5-7-21)29(35-34-27)22-10-13-25(26(31)17-22)30(32)14-15-30/h3-7,10,13,17-18,20,23H,8-9,11-12,14-16,32H2,1-2H3,(H,33,34,38)/t20-,23-. The summed E-state index contributed by atoms with van der Waals surface area (Å²) >= 11 is 0. The average molecular weight is 516 g/mol. The highest BCUT2D eigenvalue weighted by molar-refractivity contribution is 5.91. The van der Waals surface area contributed by atoms with Crippen molar-refractivity contribution in [1.29, 1.82) is 0 Å². The van der Waals surface area contributed by atoms with Crippen LogP contribution in [0.15, 0.2) is 54.6 Å². The van der Waals surface area contributed by atoms with Crippen molar-refractivity contribution in [2.24, 2.45) is 11.7 Å². The molecule has 0 saturated heterocycles. The fraction of sp³-hybridized carbons (Fsp3) is 0.400. The van der Waals surface area contributed by atoms with Crippen LogP contribution in [0.3, 0.4) is 0 Å². The summed E-state index contributed by atoms with van der Waals surface area (Å²) in [7, 11) is 1.84. The van der Waals surface area contributed by atoms with E-state index >= 15 is 0 Å². The Bertz CT molecular complexity index is 1330. The molecule has 38 heavy (non-hydrogen) atoms. The number of halogens is 1. The molecule has 0 aliphatic heterocycles.